The van der Waals surface area contributed by atoms with Crippen LogP contribution in [0.1, 0.15) is 0 Å². The first-order valence-electron chi connectivity index (χ1n) is 8.84. The number of ether oxygens (including phenoxy) is 2. The molecule has 1 heterocycles. The third-order valence-electron chi connectivity index (χ3n) is 4.52. The average Bonchev–Trinajstić information content (AvgIpc) is 3.19. The molecule has 0 aliphatic heterocycles. The van der Waals surface area contributed by atoms with Gasteiger partial charge in [-0.1, -0.05) is 60.1 Å². The van der Waals surface area contributed by atoms with Gasteiger partial charge >= 0.3 is 0 Å². The molecule has 5 heteroatoms. The predicted octanol–water partition coefficient (Wildman–Crippen LogP) is 6.08. The molecule has 140 valence electrons. The number of aromatic nitrogens is 2. The fourth-order valence-electron chi connectivity index (χ4n) is 3.23. The molecule has 0 amide bonds. The molecule has 4 rings (SSSR count). The minimum atomic E-state index is 0.635. The van der Waals surface area contributed by atoms with E-state index in [1.807, 2.05) is 72.8 Å². The second-order valence-electron chi connectivity index (χ2n) is 6.23. The highest BCUT2D eigenvalue weighted by Crippen LogP contribution is 2.40. The SMILES string of the molecule is COc1cccc(-c2nc(-c3cccc(Cl)c3)c(-c3ccccc3)[nH]2)c1OC. The molecular formula is C23H19ClN2O2. The monoisotopic (exact) mass is 390 g/mol. The van der Waals surface area contributed by atoms with Crippen molar-refractivity contribution in [3.63, 3.8) is 0 Å². The number of H-pyrrole nitrogens is 1. The first-order valence-corrected chi connectivity index (χ1v) is 9.21. The molecule has 0 saturated carbocycles. The highest BCUT2D eigenvalue weighted by atomic mass is 35.5. The maximum atomic E-state index is 6.23. The molecule has 0 radical (unpaired) electrons. The van der Waals surface area contributed by atoms with Crippen molar-refractivity contribution in [2.24, 2.45) is 0 Å². The average molecular weight is 391 g/mol. The van der Waals surface area contributed by atoms with Gasteiger partial charge in [-0.25, -0.2) is 4.98 Å². The number of nitrogens with zero attached hydrogens (tertiary/aromatic N) is 1. The van der Waals surface area contributed by atoms with Gasteiger partial charge in [-0.2, -0.15) is 0 Å². The van der Waals surface area contributed by atoms with E-state index in [0.29, 0.717) is 22.3 Å². The van der Waals surface area contributed by atoms with Gasteiger partial charge in [-0.3, -0.25) is 0 Å². The van der Waals surface area contributed by atoms with E-state index >= 15 is 0 Å². The molecule has 0 aliphatic carbocycles. The van der Waals surface area contributed by atoms with Gasteiger partial charge in [0, 0.05) is 16.1 Å². The third-order valence-corrected chi connectivity index (χ3v) is 4.76. The van der Waals surface area contributed by atoms with Crippen LogP contribution in [0.25, 0.3) is 33.9 Å². The van der Waals surface area contributed by atoms with Crippen molar-refractivity contribution >= 4 is 11.6 Å². The van der Waals surface area contributed by atoms with Crippen LogP contribution < -0.4 is 9.47 Å². The second kappa shape index (κ2) is 7.79. The van der Waals surface area contributed by atoms with Crippen molar-refractivity contribution in [2.75, 3.05) is 14.2 Å². The molecule has 0 saturated heterocycles. The molecule has 28 heavy (non-hydrogen) atoms. The van der Waals surface area contributed by atoms with E-state index in [-0.39, 0.29) is 0 Å². The van der Waals surface area contributed by atoms with Gasteiger partial charge in [-0.05, 0) is 24.3 Å². The number of halogens is 1. The molecule has 0 bridgehead atoms. The zero-order chi connectivity index (χ0) is 19.5. The van der Waals surface area contributed by atoms with Crippen LogP contribution in [0.2, 0.25) is 5.02 Å². The van der Waals surface area contributed by atoms with E-state index in [9.17, 15) is 0 Å². The van der Waals surface area contributed by atoms with Crippen molar-refractivity contribution in [3.05, 3.63) is 77.8 Å². The summed E-state index contributed by atoms with van der Waals surface area (Å²) in [5.41, 5.74) is 4.55. The Labute approximate surface area is 168 Å². The van der Waals surface area contributed by atoms with Gasteiger partial charge in [0.1, 0.15) is 5.82 Å². The second-order valence-corrected chi connectivity index (χ2v) is 6.66. The van der Waals surface area contributed by atoms with Crippen LogP contribution in [0.15, 0.2) is 72.8 Å². The number of hydrogen-bond donors (Lipinski definition) is 1. The van der Waals surface area contributed by atoms with Crippen LogP contribution >= 0.6 is 11.6 Å². The Morgan fingerprint density at radius 2 is 1.57 bits per heavy atom. The Kier molecular flexibility index (Phi) is 5.04. The number of methoxy groups -OCH3 is 2. The molecule has 3 aromatic carbocycles. The van der Waals surface area contributed by atoms with Gasteiger partial charge < -0.3 is 14.5 Å². The minimum absolute atomic E-state index is 0.635. The summed E-state index contributed by atoms with van der Waals surface area (Å²) in [5, 5.41) is 0.667. The van der Waals surface area contributed by atoms with Crippen LogP contribution in [0.4, 0.5) is 0 Å². The summed E-state index contributed by atoms with van der Waals surface area (Å²) in [4.78, 5) is 8.37. The van der Waals surface area contributed by atoms with E-state index in [4.69, 9.17) is 26.1 Å². The number of imidazole rings is 1. The molecule has 1 N–H and O–H groups in total. The van der Waals surface area contributed by atoms with Crippen molar-refractivity contribution in [3.8, 4) is 45.4 Å². The molecule has 4 aromatic rings. The summed E-state index contributed by atoms with van der Waals surface area (Å²) in [7, 11) is 3.25. The number of aromatic amines is 1. The summed E-state index contributed by atoms with van der Waals surface area (Å²) in [6, 6.07) is 23.5. The number of nitrogens with one attached hydrogen (secondary N) is 1. The fraction of sp³-hybridized carbons (Fsp3) is 0.0870. The highest BCUT2D eigenvalue weighted by molar-refractivity contribution is 6.30. The van der Waals surface area contributed by atoms with Crippen molar-refractivity contribution in [1.29, 1.82) is 0 Å². The first kappa shape index (κ1) is 18.1. The Morgan fingerprint density at radius 3 is 2.29 bits per heavy atom. The molecule has 0 aliphatic rings. The Balaban J connectivity index is 1.95. The lowest BCUT2D eigenvalue weighted by Gasteiger charge is -2.10. The maximum absolute atomic E-state index is 6.23. The molecule has 0 atom stereocenters. The smallest absolute Gasteiger partial charge is 0.171 e. The summed E-state index contributed by atoms with van der Waals surface area (Å²) in [6.07, 6.45) is 0. The van der Waals surface area contributed by atoms with Crippen LogP contribution in [-0.2, 0) is 0 Å². The Hall–Kier alpha value is -3.24. The lowest BCUT2D eigenvalue weighted by Crippen LogP contribution is -1.94. The van der Waals surface area contributed by atoms with Crippen molar-refractivity contribution in [1.82, 2.24) is 9.97 Å². The molecule has 0 unspecified atom stereocenters. The third kappa shape index (κ3) is 3.35. The van der Waals surface area contributed by atoms with Crippen LogP contribution in [0.5, 0.6) is 11.5 Å². The zero-order valence-corrected chi connectivity index (χ0v) is 16.3. The zero-order valence-electron chi connectivity index (χ0n) is 15.6. The van der Waals surface area contributed by atoms with E-state index in [0.717, 1.165) is 28.1 Å². The molecule has 1 aromatic heterocycles. The standard InChI is InChI=1S/C23H19ClN2O2/c1-27-19-13-7-12-18(22(19)28-2)23-25-20(15-8-4-3-5-9-15)21(26-23)16-10-6-11-17(24)14-16/h3-14H,1-2H3,(H,25,26). The maximum Gasteiger partial charge on any atom is 0.171 e. The lowest BCUT2D eigenvalue weighted by molar-refractivity contribution is 0.356. The topological polar surface area (TPSA) is 47.1 Å². The molecular weight excluding hydrogens is 372 g/mol. The van der Waals surface area contributed by atoms with Crippen LogP contribution in [0.3, 0.4) is 0 Å². The van der Waals surface area contributed by atoms with Gasteiger partial charge in [0.2, 0.25) is 0 Å². The van der Waals surface area contributed by atoms with Crippen LogP contribution in [0, 0.1) is 0 Å². The minimum Gasteiger partial charge on any atom is -0.493 e. The summed E-state index contributed by atoms with van der Waals surface area (Å²) in [6.45, 7) is 0. The van der Waals surface area contributed by atoms with Crippen molar-refractivity contribution < 1.29 is 9.47 Å². The summed E-state index contributed by atoms with van der Waals surface area (Å²) >= 11 is 6.23. The van der Waals surface area contributed by atoms with E-state index < -0.39 is 0 Å². The fourth-order valence-corrected chi connectivity index (χ4v) is 3.42. The van der Waals surface area contributed by atoms with E-state index in [1.165, 1.54) is 0 Å². The first-order chi connectivity index (χ1) is 13.7. The summed E-state index contributed by atoms with van der Waals surface area (Å²) < 4.78 is 11.0. The lowest BCUT2D eigenvalue weighted by atomic mass is 10.1. The normalized spacial score (nSPS) is 10.7. The molecule has 4 nitrogen and oxygen atoms in total. The van der Waals surface area contributed by atoms with Gasteiger partial charge in [-0.15, -0.1) is 0 Å². The predicted molar refractivity (Wildman–Crippen MR) is 113 cm³/mol. The van der Waals surface area contributed by atoms with E-state index in [1.54, 1.807) is 14.2 Å². The Morgan fingerprint density at radius 1 is 0.821 bits per heavy atom. The Bertz CT molecular complexity index is 1110. The molecule has 0 spiro atoms. The van der Waals surface area contributed by atoms with Gasteiger partial charge in [0.05, 0.1) is 31.2 Å². The number of hydrogen-bond acceptors (Lipinski definition) is 3. The number of benzene rings is 3. The van der Waals surface area contributed by atoms with Crippen molar-refractivity contribution in [2.45, 2.75) is 0 Å². The quantitative estimate of drug-likeness (QED) is 0.449. The summed E-state index contributed by atoms with van der Waals surface area (Å²) in [5.74, 6) is 1.99. The number of rotatable bonds is 5. The van der Waals surface area contributed by atoms with Gasteiger partial charge in [0.25, 0.3) is 0 Å². The molecule has 0 fully saturated rings. The van der Waals surface area contributed by atoms with Crippen LogP contribution in [-0.4, -0.2) is 24.2 Å². The highest BCUT2D eigenvalue weighted by Gasteiger charge is 2.19. The number of para-hydroxylation sites is 1. The largest absolute Gasteiger partial charge is 0.493 e. The van der Waals surface area contributed by atoms with E-state index in [2.05, 4.69) is 4.98 Å². The van der Waals surface area contributed by atoms with Gasteiger partial charge in [0.15, 0.2) is 11.5 Å².